The summed E-state index contributed by atoms with van der Waals surface area (Å²) in [5.74, 6) is -0.750. The minimum atomic E-state index is -2.81. The van der Waals surface area contributed by atoms with Gasteiger partial charge in [0.2, 0.25) is 0 Å². The summed E-state index contributed by atoms with van der Waals surface area (Å²) >= 11 is 0. The van der Waals surface area contributed by atoms with Crippen molar-refractivity contribution >= 4 is 5.97 Å². The molecule has 0 saturated carbocycles. The molecule has 1 aromatic heterocycles. The highest BCUT2D eigenvalue weighted by molar-refractivity contribution is 5.89. The number of aryl methyl sites for hydroxylation is 1. The van der Waals surface area contributed by atoms with Gasteiger partial charge in [-0.2, -0.15) is 0 Å². The third-order valence-electron chi connectivity index (χ3n) is 2.10. The molecule has 94 valence electrons. The van der Waals surface area contributed by atoms with Gasteiger partial charge in [-0.3, -0.25) is 0 Å². The summed E-state index contributed by atoms with van der Waals surface area (Å²) < 4.78 is 34.9. The van der Waals surface area contributed by atoms with Crippen LogP contribution < -0.4 is 4.74 Å². The van der Waals surface area contributed by atoms with Crippen molar-refractivity contribution in [3.63, 3.8) is 0 Å². The Hall–Kier alpha value is -1.72. The molecule has 1 heterocycles. The van der Waals surface area contributed by atoms with Gasteiger partial charge in [0.25, 0.3) is 6.43 Å². The number of carbonyl (C=O) groups is 1. The number of pyridine rings is 1. The highest BCUT2D eigenvalue weighted by Crippen LogP contribution is 2.29. The van der Waals surface area contributed by atoms with Gasteiger partial charge in [0, 0.05) is 0 Å². The lowest BCUT2D eigenvalue weighted by atomic mass is 10.2. The summed E-state index contributed by atoms with van der Waals surface area (Å²) in [6, 6.07) is 1.35. The Labute approximate surface area is 97.6 Å². The minimum absolute atomic E-state index is 0.0365. The van der Waals surface area contributed by atoms with Crippen molar-refractivity contribution in [1.82, 2.24) is 4.98 Å². The Morgan fingerprint density at radius 2 is 2.18 bits per heavy atom. The Bertz CT molecular complexity index is 421. The molecule has 0 aliphatic carbocycles. The molecule has 0 spiro atoms. The lowest BCUT2D eigenvalue weighted by Gasteiger charge is -2.11. The molecular weight excluding hydrogens is 232 g/mol. The van der Waals surface area contributed by atoms with Crippen LogP contribution in [-0.2, 0) is 4.74 Å². The van der Waals surface area contributed by atoms with Crippen LogP contribution >= 0.6 is 0 Å². The quantitative estimate of drug-likeness (QED) is 0.765. The van der Waals surface area contributed by atoms with E-state index in [1.807, 2.05) is 0 Å². The van der Waals surface area contributed by atoms with Crippen molar-refractivity contribution in [2.75, 3.05) is 13.7 Å². The van der Waals surface area contributed by atoms with Crippen LogP contribution in [0.15, 0.2) is 6.07 Å². The van der Waals surface area contributed by atoms with Crippen LogP contribution in [0.4, 0.5) is 8.78 Å². The molecule has 1 rings (SSSR count). The van der Waals surface area contributed by atoms with Crippen LogP contribution in [0.2, 0.25) is 0 Å². The summed E-state index contributed by atoms with van der Waals surface area (Å²) in [6.07, 6.45) is -2.81. The number of aromatic nitrogens is 1. The highest BCUT2D eigenvalue weighted by atomic mass is 19.3. The van der Waals surface area contributed by atoms with Crippen LogP contribution in [0.1, 0.15) is 35.1 Å². The molecule has 0 bridgehead atoms. The van der Waals surface area contributed by atoms with Gasteiger partial charge in [0.05, 0.1) is 13.7 Å². The second kappa shape index (κ2) is 5.56. The van der Waals surface area contributed by atoms with Gasteiger partial charge in [0.1, 0.15) is 11.4 Å². The number of hydrogen-bond acceptors (Lipinski definition) is 4. The topological polar surface area (TPSA) is 48.4 Å². The van der Waals surface area contributed by atoms with E-state index in [4.69, 9.17) is 9.47 Å². The third kappa shape index (κ3) is 2.89. The van der Waals surface area contributed by atoms with Gasteiger partial charge in [-0.15, -0.1) is 0 Å². The second-order valence-corrected chi connectivity index (χ2v) is 3.26. The number of methoxy groups -OCH3 is 1. The first-order valence-corrected chi connectivity index (χ1v) is 5.02. The van der Waals surface area contributed by atoms with E-state index < -0.39 is 18.1 Å². The SMILES string of the molecule is CCOC(=O)c1nc(C(F)F)c(OC)cc1C. The molecule has 1 aromatic rings. The number of halogens is 2. The maximum absolute atomic E-state index is 12.7. The van der Waals surface area contributed by atoms with E-state index >= 15 is 0 Å². The molecule has 0 amide bonds. The Balaban J connectivity index is 3.24. The third-order valence-corrected chi connectivity index (χ3v) is 2.10. The average molecular weight is 245 g/mol. The van der Waals surface area contributed by atoms with Gasteiger partial charge in [-0.25, -0.2) is 18.6 Å². The van der Waals surface area contributed by atoms with Crippen molar-refractivity contribution in [1.29, 1.82) is 0 Å². The van der Waals surface area contributed by atoms with Crippen molar-refractivity contribution < 1.29 is 23.0 Å². The smallest absolute Gasteiger partial charge is 0.357 e. The first kappa shape index (κ1) is 13.3. The van der Waals surface area contributed by atoms with Gasteiger partial charge in [-0.1, -0.05) is 0 Å². The lowest BCUT2D eigenvalue weighted by Crippen LogP contribution is -2.12. The lowest BCUT2D eigenvalue weighted by molar-refractivity contribution is 0.0516. The van der Waals surface area contributed by atoms with Crippen LogP contribution in [-0.4, -0.2) is 24.7 Å². The number of alkyl halides is 2. The molecule has 0 aliphatic heterocycles. The zero-order chi connectivity index (χ0) is 13.0. The zero-order valence-electron chi connectivity index (χ0n) is 9.79. The van der Waals surface area contributed by atoms with E-state index in [0.29, 0.717) is 5.56 Å². The molecule has 0 N–H and O–H groups in total. The molecule has 6 heteroatoms. The minimum Gasteiger partial charge on any atom is -0.495 e. The summed E-state index contributed by atoms with van der Waals surface area (Å²) in [4.78, 5) is 15.1. The molecule has 0 radical (unpaired) electrons. The number of esters is 1. The van der Waals surface area contributed by atoms with Crippen LogP contribution in [0.3, 0.4) is 0 Å². The molecule has 0 aromatic carbocycles. The predicted molar refractivity (Wildman–Crippen MR) is 56.4 cm³/mol. The summed E-state index contributed by atoms with van der Waals surface area (Å²) in [5.41, 5.74) is -0.228. The number of nitrogens with zero attached hydrogens (tertiary/aromatic N) is 1. The number of rotatable bonds is 4. The first-order chi connectivity index (χ1) is 8.01. The van der Waals surface area contributed by atoms with Crippen LogP contribution in [0.25, 0.3) is 0 Å². The van der Waals surface area contributed by atoms with Crippen molar-refractivity contribution in [3.8, 4) is 5.75 Å². The van der Waals surface area contributed by atoms with Crippen LogP contribution in [0.5, 0.6) is 5.75 Å². The van der Waals surface area contributed by atoms with Crippen molar-refractivity contribution in [2.24, 2.45) is 0 Å². The molecule has 4 nitrogen and oxygen atoms in total. The fraction of sp³-hybridized carbons (Fsp3) is 0.455. The van der Waals surface area contributed by atoms with Crippen LogP contribution in [0, 0.1) is 6.92 Å². The molecular formula is C11H13F2NO3. The van der Waals surface area contributed by atoms with E-state index in [9.17, 15) is 13.6 Å². The first-order valence-electron chi connectivity index (χ1n) is 5.02. The standard InChI is InChI=1S/C11H13F2NO3/c1-4-17-11(15)8-6(2)5-7(16-3)9(14-8)10(12)13/h5,10H,4H2,1-3H3. The van der Waals surface area contributed by atoms with E-state index in [0.717, 1.165) is 0 Å². The molecule has 0 fully saturated rings. The second-order valence-electron chi connectivity index (χ2n) is 3.26. The largest absolute Gasteiger partial charge is 0.495 e. The Kier molecular flexibility index (Phi) is 4.37. The maximum Gasteiger partial charge on any atom is 0.357 e. The number of carbonyl (C=O) groups excluding carboxylic acids is 1. The Morgan fingerprint density at radius 3 is 2.65 bits per heavy atom. The van der Waals surface area contributed by atoms with Gasteiger partial charge < -0.3 is 9.47 Å². The molecule has 17 heavy (non-hydrogen) atoms. The number of ether oxygens (including phenoxy) is 2. The summed E-state index contributed by atoms with van der Waals surface area (Å²) in [7, 11) is 1.27. The summed E-state index contributed by atoms with van der Waals surface area (Å²) in [6.45, 7) is 3.37. The van der Waals surface area contributed by atoms with Crippen molar-refractivity contribution in [3.05, 3.63) is 23.0 Å². The predicted octanol–water partition coefficient (Wildman–Crippen LogP) is 2.51. The molecule has 0 saturated heterocycles. The van der Waals surface area contributed by atoms with E-state index in [1.165, 1.54) is 13.2 Å². The zero-order valence-corrected chi connectivity index (χ0v) is 9.79. The van der Waals surface area contributed by atoms with E-state index in [1.54, 1.807) is 13.8 Å². The van der Waals surface area contributed by atoms with Crippen molar-refractivity contribution in [2.45, 2.75) is 20.3 Å². The van der Waals surface area contributed by atoms with Gasteiger partial charge in [-0.05, 0) is 25.5 Å². The fourth-order valence-electron chi connectivity index (χ4n) is 1.33. The normalized spacial score (nSPS) is 10.5. The molecule has 0 aliphatic rings. The average Bonchev–Trinajstić information content (AvgIpc) is 2.28. The van der Waals surface area contributed by atoms with E-state index in [2.05, 4.69) is 4.98 Å². The van der Waals surface area contributed by atoms with Gasteiger partial charge >= 0.3 is 5.97 Å². The maximum atomic E-state index is 12.7. The summed E-state index contributed by atoms with van der Waals surface area (Å²) in [5, 5.41) is 0. The van der Waals surface area contributed by atoms with Gasteiger partial charge in [0.15, 0.2) is 5.69 Å². The molecule has 0 unspecified atom stereocenters. The molecule has 0 atom stereocenters. The fourth-order valence-corrected chi connectivity index (χ4v) is 1.33. The Morgan fingerprint density at radius 1 is 1.53 bits per heavy atom. The van der Waals surface area contributed by atoms with E-state index in [-0.39, 0.29) is 18.1 Å². The number of hydrogen-bond donors (Lipinski definition) is 0. The highest BCUT2D eigenvalue weighted by Gasteiger charge is 2.21. The monoisotopic (exact) mass is 245 g/mol.